The molecule has 2 unspecified atom stereocenters. The van der Waals surface area contributed by atoms with Gasteiger partial charge in [-0.05, 0) is 12.3 Å². The molecule has 0 bridgehead atoms. The number of hydrogen-bond acceptors (Lipinski definition) is 3. The molecule has 1 aliphatic carbocycles. The molecule has 0 aromatic carbocycles. The topological polar surface area (TPSA) is 86.7 Å². The zero-order chi connectivity index (χ0) is 14.1. The highest BCUT2D eigenvalue weighted by atomic mass is 16.4. The summed E-state index contributed by atoms with van der Waals surface area (Å²) in [6.07, 6.45) is 0. The molecule has 0 spiro atoms. The summed E-state index contributed by atoms with van der Waals surface area (Å²) in [6.45, 7) is 5.67. The number of hydrogen-bond donors (Lipinski definition) is 2. The second kappa shape index (κ2) is 4.96. The van der Waals surface area contributed by atoms with Gasteiger partial charge in [-0.2, -0.15) is 0 Å². The summed E-state index contributed by atoms with van der Waals surface area (Å²) in [4.78, 5) is 35.9. The van der Waals surface area contributed by atoms with E-state index in [1.807, 2.05) is 0 Å². The summed E-state index contributed by atoms with van der Waals surface area (Å²) in [6, 6.07) is 0. The van der Waals surface area contributed by atoms with Gasteiger partial charge in [-0.25, -0.2) is 0 Å². The van der Waals surface area contributed by atoms with Crippen molar-refractivity contribution in [1.82, 2.24) is 10.2 Å². The predicted octanol–water partition coefficient (Wildman–Crippen LogP) is -0.0623. The predicted molar refractivity (Wildman–Crippen MR) is 64.7 cm³/mol. The summed E-state index contributed by atoms with van der Waals surface area (Å²) >= 11 is 0. The van der Waals surface area contributed by atoms with Crippen LogP contribution in [0.5, 0.6) is 0 Å². The number of amides is 2. The van der Waals surface area contributed by atoms with Gasteiger partial charge >= 0.3 is 5.97 Å². The standard InChI is InChI=1S/C12H20N2O4/c1-5-14(6-7(15)13-4)10(16)8-9(11(17)18)12(8,2)3/h8-9H,5-6H2,1-4H3,(H,13,15)(H,17,18). The lowest BCUT2D eigenvalue weighted by atomic mass is 10.1. The van der Waals surface area contributed by atoms with Crippen molar-refractivity contribution >= 4 is 17.8 Å². The van der Waals surface area contributed by atoms with Crippen molar-refractivity contribution < 1.29 is 19.5 Å². The van der Waals surface area contributed by atoms with Gasteiger partial charge in [0.25, 0.3) is 0 Å². The Hall–Kier alpha value is -1.59. The number of carbonyl (C=O) groups is 3. The fourth-order valence-corrected chi connectivity index (χ4v) is 2.35. The molecule has 6 nitrogen and oxygen atoms in total. The lowest BCUT2D eigenvalue weighted by molar-refractivity contribution is -0.142. The number of likely N-dealkylation sites (N-methyl/N-ethyl adjacent to an activating group) is 2. The van der Waals surface area contributed by atoms with Crippen LogP contribution in [0, 0.1) is 17.3 Å². The lowest BCUT2D eigenvalue weighted by Crippen LogP contribution is -2.41. The molecule has 2 amide bonds. The van der Waals surface area contributed by atoms with E-state index < -0.39 is 23.2 Å². The molecule has 1 rings (SSSR count). The van der Waals surface area contributed by atoms with E-state index in [-0.39, 0.29) is 18.4 Å². The van der Waals surface area contributed by atoms with E-state index >= 15 is 0 Å². The van der Waals surface area contributed by atoms with E-state index in [9.17, 15) is 14.4 Å². The molecule has 0 aromatic rings. The molecule has 0 heterocycles. The second-order valence-electron chi connectivity index (χ2n) is 5.14. The van der Waals surface area contributed by atoms with Crippen LogP contribution in [0.3, 0.4) is 0 Å². The second-order valence-corrected chi connectivity index (χ2v) is 5.14. The highest BCUT2D eigenvalue weighted by Gasteiger charge is 2.66. The zero-order valence-electron chi connectivity index (χ0n) is 11.2. The number of nitrogens with zero attached hydrogens (tertiary/aromatic N) is 1. The average Bonchev–Trinajstić information content (AvgIpc) is 2.88. The third kappa shape index (κ3) is 2.47. The van der Waals surface area contributed by atoms with E-state index in [1.165, 1.54) is 11.9 Å². The van der Waals surface area contributed by atoms with Crippen LogP contribution in [0.4, 0.5) is 0 Å². The smallest absolute Gasteiger partial charge is 0.307 e. The van der Waals surface area contributed by atoms with Crippen molar-refractivity contribution in [2.75, 3.05) is 20.1 Å². The highest BCUT2D eigenvalue weighted by molar-refractivity contribution is 5.93. The van der Waals surface area contributed by atoms with Gasteiger partial charge < -0.3 is 15.3 Å². The Balaban J connectivity index is 2.75. The van der Waals surface area contributed by atoms with Crippen LogP contribution in [0.15, 0.2) is 0 Å². The minimum atomic E-state index is -0.950. The molecule has 1 aliphatic rings. The van der Waals surface area contributed by atoms with Gasteiger partial charge in [0, 0.05) is 13.6 Å². The SMILES string of the molecule is CCN(CC(=O)NC)C(=O)C1C(C(=O)O)C1(C)C. The summed E-state index contributed by atoms with van der Waals surface area (Å²) < 4.78 is 0. The van der Waals surface area contributed by atoms with Crippen LogP contribution < -0.4 is 5.32 Å². The number of rotatable bonds is 5. The molecule has 1 fully saturated rings. The van der Waals surface area contributed by atoms with Gasteiger partial charge in [0.1, 0.15) is 0 Å². The third-order valence-corrected chi connectivity index (χ3v) is 3.67. The first kappa shape index (κ1) is 14.5. The molecular weight excluding hydrogens is 236 g/mol. The number of carbonyl (C=O) groups excluding carboxylic acids is 2. The summed E-state index contributed by atoms with van der Waals surface area (Å²) in [5, 5.41) is 11.5. The van der Waals surface area contributed by atoms with Crippen LogP contribution in [0.25, 0.3) is 0 Å². The summed E-state index contributed by atoms with van der Waals surface area (Å²) in [5.74, 6) is -2.63. The van der Waals surface area contributed by atoms with E-state index in [0.717, 1.165) is 0 Å². The Bertz CT molecular complexity index is 378. The monoisotopic (exact) mass is 256 g/mol. The molecule has 18 heavy (non-hydrogen) atoms. The molecule has 0 saturated heterocycles. The van der Waals surface area contributed by atoms with E-state index in [2.05, 4.69) is 5.32 Å². The Morgan fingerprint density at radius 1 is 1.28 bits per heavy atom. The summed E-state index contributed by atoms with van der Waals surface area (Å²) in [5.41, 5.74) is -0.529. The maximum absolute atomic E-state index is 12.2. The molecular formula is C12H20N2O4. The molecule has 2 atom stereocenters. The Morgan fingerprint density at radius 3 is 2.17 bits per heavy atom. The maximum atomic E-state index is 12.2. The van der Waals surface area contributed by atoms with E-state index in [4.69, 9.17) is 5.11 Å². The highest BCUT2D eigenvalue weighted by Crippen LogP contribution is 2.58. The normalized spacial score (nSPS) is 24.2. The van der Waals surface area contributed by atoms with Gasteiger partial charge in [-0.3, -0.25) is 14.4 Å². The van der Waals surface area contributed by atoms with E-state index in [0.29, 0.717) is 6.54 Å². The Labute approximate surface area is 106 Å². The van der Waals surface area contributed by atoms with Gasteiger partial charge in [0.2, 0.25) is 11.8 Å². The van der Waals surface area contributed by atoms with Crippen molar-refractivity contribution in [2.24, 2.45) is 17.3 Å². The van der Waals surface area contributed by atoms with Crippen molar-refractivity contribution in [3.8, 4) is 0 Å². The molecule has 6 heteroatoms. The van der Waals surface area contributed by atoms with Crippen molar-refractivity contribution in [1.29, 1.82) is 0 Å². The number of nitrogens with one attached hydrogen (secondary N) is 1. The number of aliphatic carboxylic acids is 1. The van der Waals surface area contributed by atoms with Crippen molar-refractivity contribution in [3.05, 3.63) is 0 Å². The lowest BCUT2D eigenvalue weighted by Gasteiger charge is -2.20. The van der Waals surface area contributed by atoms with Gasteiger partial charge in [0.05, 0.1) is 18.4 Å². The third-order valence-electron chi connectivity index (χ3n) is 3.67. The van der Waals surface area contributed by atoms with Crippen LogP contribution in [0.2, 0.25) is 0 Å². The van der Waals surface area contributed by atoms with E-state index in [1.54, 1.807) is 20.8 Å². The fourth-order valence-electron chi connectivity index (χ4n) is 2.35. The van der Waals surface area contributed by atoms with Gasteiger partial charge in [0.15, 0.2) is 0 Å². The minimum absolute atomic E-state index is 0.0231. The molecule has 0 aliphatic heterocycles. The fraction of sp³-hybridized carbons (Fsp3) is 0.750. The first-order valence-electron chi connectivity index (χ1n) is 5.99. The molecule has 102 valence electrons. The van der Waals surface area contributed by atoms with Crippen molar-refractivity contribution in [2.45, 2.75) is 20.8 Å². The molecule has 2 N–H and O–H groups in total. The minimum Gasteiger partial charge on any atom is -0.481 e. The van der Waals surface area contributed by atoms with Crippen LogP contribution in [-0.4, -0.2) is 47.9 Å². The van der Waals surface area contributed by atoms with Gasteiger partial charge in [-0.15, -0.1) is 0 Å². The molecule has 0 aromatic heterocycles. The molecule has 1 saturated carbocycles. The van der Waals surface area contributed by atoms with Crippen LogP contribution in [-0.2, 0) is 14.4 Å². The quantitative estimate of drug-likeness (QED) is 0.721. The van der Waals surface area contributed by atoms with Crippen LogP contribution in [0.1, 0.15) is 20.8 Å². The summed E-state index contributed by atoms with van der Waals surface area (Å²) in [7, 11) is 1.50. The first-order chi connectivity index (χ1) is 8.27. The molecule has 0 radical (unpaired) electrons. The zero-order valence-corrected chi connectivity index (χ0v) is 11.2. The number of carboxylic acid groups (broad SMARTS) is 1. The largest absolute Gasteiger partial charge is 0.481 e. The Morgan fingerprint density at radius 2 is 1.83 bits per heavy atom. The van der Waals surface area contributed by atoms with Gasteiger partial charge in [-0.1, -0.05) is 13.8 Å². The Kier molecular flexibility index (Phi) is 3.98. The van der Waals surface area contributed by atoms with Crippen molar-refractivity contribution in [3.63, 3.8) is 0 Å². The first-order valence-corrected chi connectivity index (χ1v) is 5.99. The average molecular weight is 256 g/mol. The number of carboxylic acids is 1. The van der Waals surface area contributed by atoms with Crippen LogP contribution >= 0.6 is 0 Å². The maximum Gasteiger partial charge on any atom is 0.307 e.